The third-order valence-electron chi connectivity index (χ3n) is 3.30. The van der Waals surface area contributed by atoms with Crippen LogP contribution in [0.4, 0.5) is 17.3 Å². The van der Waals surface area contributed by atoms with Gasteiger partial charge in [0.2, 0.25) is 5.95 Å². The second-order valence-electron chi connectivity index (χ2n) is 4.90. The predicted octanol–water partition coefficient (Wildman–Crippen LogP) is 3.18. The highest BCUT2D eigenvalue weighted by molar-refractivity contribution is 5.69. The van der Waals surface area contributed by atoms with Gasteiger partial charge in [-0.3, -0.25) is 0 Å². The maximum Gasteiger partial charge on any atom is 0.227 e. The first-order valence-electron chi connectivity index (χ1n) is 6.99. The summed E-state index contributed by atoms with van der Waals surface area (Å²) in [5, 5.41) is 12.6. The lowest BCUT2D eigenvalue weighted by molar-refractivity contribution is 0.415. The van der Waals surface area contributed by atoms with Gasteiger partial charge >= 0.3 is 0 Å². The summed E-state index contributed by atoms with van der Waals surface area (Å²) in [4.78, 5) is 8.68. The lowest BCUT2D eigenvalue weighted by Gasteiger charge is -2.08. The molecule has 0 bridgehead atoms. The van der Waals surface area contributed by atoms with E-state index in [1.165, 1.54) is 0 Å². The maximum atomic E-state index is 9.51. The summed E-state index contributed by atoms with van der Waals surface area (Å²) in [6.07, 6.45) is 1.66. The lowest BCUT2D eigenvalue weighted by Crippen LogP contribution is -1.98. The van der Waals surface area contributed by atoms with E-state index in [0.29, 0.717) is 17.3 Å². The average Bonchev–Trinajstić information content (AvgIpc) is 2.58. The number of hydrogen-bond donors (Lipinski definition) is 3. The molecule has 0 spiro atoms. The largest absolute Gasteiger partial charge is 0.506 e. The summed E-state index contributed by atoms with van der Waals surface area (Å²) in [5.74, 6) is 1.26. The molecule has 0 atom stereocenters. The molecule has 0 saturated heterocycles. The molecule has 0 unspecified atom stereocenters. The number of ether oxygens (including phenoxy) is 1. The number of nitrogen functional groups attached to an aromatic ring is 1. The Morgan fingerprint density at radius 1 is 1.13 bits per heavy atom. The highest BCUT2D eigenvalue weighted by atomic mass is 16.5. The fraction of sp³-hybridized carbons (Fsp3) is 0.0588. The van der Waals surface area contributed by atoms with Crippen molar-refractivity contribution in [2.24, 2.45) is 0 Å². The topological polar surface area (TPSA) is 93.3 Å². The number of nitrogens with two attached hydrogens (primary N) is 1. The van der Waals surface area contributed by atoms with E-state index in [4.69, 9.17) is 10.5 Å². The van der Waals surface area contributed by atoms with Crippen LogP contribution in [-0.2, 0) is 0 Å². The zero-order valence-electron chi connectivity index (χ0n) is 12.5. The minimum absolute atomic E-state index is 0.0533. The quantitative estimate of drug-likeness (QED) is 0.506. The van der Waals surface area contributed by atoms with Crippen molar-refractivity contribution < 1.29 is 9.84 Å². The maximum absolute atomic E-state index is 9.51. The van der Waals surface area contributed by atoms with E-state index >= 15 is 0 Å². The Bertz CT molecular complexity index is 836. The Morgan fingerprint density at radius 3 is 2.78 bits per heavy atom. The van der Waals surface area contributed by atoms with E-state index in [2.05, 4.69) is 15.3 Å². The zero-order valence-corrected chi connectivity index (χ0v) is 12.5. The van der Waals surface area contributed by atoms with Gasteiger partial charge in [0.15, 0.2) is 0 Å². The van der Waals surface area contributed by atoms with Gasteiger partial charge in [0.1, 0.15) is 11.5 Å². The first kappa shape index (κ1) is 14.6. The van der Waals surface area contributed by atoms with Crippen molar-refractivity contribution in [3.05, 3.63) is 54.7 Å². The van der Waals surface area contributed by atoms with E-state index in [-0.39, 0.29) is 5.75 Å². The van der Waals surface area contributed by atoms with Crippen LogP contribution in [0.15, 0.2) is 54.7 Å². The van der Waals surface area contributed by atoms with Crippen LogP contribution < -0.4 is 15.8 Å². The van der Waals surface area contributed by atoms with Crippen LogP contribution in [0.2, 0.25) is 0 Å². The molecule has 1 aromatic heterocycles. The Kier molecular flexibility index (Phi) is 3.97. The van der Waals surface area contributed by atoms with Gasteiger partial charge in [-0.05, 0) is 36.4 Å². The molecule has 6 heteroatoms. The number of hydrogen-bond acceptors (Lipinski definition) is 6. The molecule has 0 saturated carbocycles. The fourth-order valence-electron chi connectivity index (χ4n) is 2.12. The number of nitrogens with zero attached hydrogens (tertiary/aromatic N) is 2. The number of aromatic hydroxyl groups is 1. The summed E-state index contributed by atoms with van der Waals surface area (Å²) in [7, 11) is 1.62. The highest BCUT2D eigenvalue weighted by Crippen LogP contribution is 2.27. The number of phenolic OH excluding ortho intramolecular Hbond substituents is 1. The van der Waals surface area contributed by atoms with Crippen molar-refractivity contribution in [1.29, 1.82) is 0 Å². The number of benzene rings is 2. The predicted molar refractivity (Wildman–Crippen MR) is 89.8 cm³/mol. The van der Waals surface area contributed by atoms with E-state index in [1.807, 2.05) is 24.3 Å². The van der Waals surface area contributed by atoms with Gasteiger partial charge in [0, 0.05) is 23.5 Å². The Morgan fingerprint density at radius 2 is 2.00 bits per heavy atom. The van der Waals surface area contributed by atoms with Gasteiger partial charge in [-0.25, -0.2) is 9.97 Å². The summed E-state index contributed by atoms with van der Waals surface area (Å²) in [6.45, 7) is 0. The Hall–Kier alpha value is -3.28. The molecule has 0 aliphatic rings. The van der Waals surface area contributed by atoms with Gasteiger partial charge in [-0.15, -0.1) is 0 Å². The van der Waals surface area contributed by atoms with Crippen LogP contribution in [0.1, 0.15) is 0 Å². The minimum atomic E-state index is 0.0533. The molecule has 0 aliphatic heterocycles. The van der Waals surface area contributed by atoms with Crippen molar-refractivity contribution in [1.82, 2.24) is 9.97 Å². The van der Waals surface area contributed by atoms with Crippen molar-refractivity contribution in [3.8, 4) is 22.8 Å². The van der Waals surface area contributed by atoms with E-state index < -0.39 is 0 Å². The number of phenols is 1. The van der Waals surface area contributed by atoms with Gasteiger partial charge in [0.05, 0.1) is 18.5 Å². The summed E-state index contributed by atoms with van der Waals surface area (Å²) < 4.78 is 5.19. The Balaban J connectivity index is 1.88. The van der Waals surface area contributed by atoms with Crippen molar-refractivity contribution in [2.45, 2.75) is 0 Å². The molecule has 1 heterocycles. The number of rotatable bonds is 4. The molecule has 0 radical (unpaired) electrons. The molecule has 3 rings (SSSR count). The van der Waals surface area contributed by atoms with Crippen LogP contribution in [0.25, 0.3) is 11.3 Å². The van der Waals surface area contributed by atoms with Crippen LogP contribution in [0.3, 0.4) is 0 Å². The molecular weight excluding hydrogens is 292 g/mol. The van der Waals surface area contributed by atoms with Gasteiger partial charge in [-0.2, -0.15) is 0 Å². The van der Waals surface area contributed by atoms with Crippen LogP contribution in [0.5, 0.6) is 11.5 Å². The van der Waals surface area contributed by atoms with Crippen molar-refractivity contribution in [2.75, 3.05) is 18.2 Å². The molecule has 23 heavy (non-hydrogen) atoms. The van der Waals surface area contributed by atoms with Gasteiger partial charge in [0.25, 0.3) is 0 Å². The monoisotopic (exact) mass is 308 g/mol. The average molecular weight is 308 g/mol. The second kappa shape index (κ2) is 6.23. The van der Waals surface area contributed by atoms with Gasteiger partial charge < -0.3 is 20.9 Å². The summed E-state index contributed by atoms with van der Waals surface area (Å²) >= 11 is 0. The molecule has 2 aromatic carbocycles. The van der Waals surface area contributed by atoms with E-state index in [0.717, 1.165) is 17.0 Å². The summed E-state index contributed by atoms with van der Waals surface area (Å²) in [5.41, 5.74) is 8.37. The molecule has 0 amide bonds. The van der Waals surface area contributed by atoms with E-state index in [9.17, 15) is 5.11 Å². The van der Waals surface area contributed by atoms with Crippen molar-refractivity contribution >= 4 is 17.3 Å². The second-order valence-corrected chi connectivity index (χ2v) is 4.90. The molecule has 4 N–H and O–H groups in total. The Labute approximate surface area is 133 Å². The number of aromatic nitrogens is 2. The summed E-state index contributed by atoms with van der Waals surface area (Å²) in [6, 6.07) is 14.2. The zero-order chi connectivity index (χ0) is 16.2. The van der Waals surface area contributed by atoms with Crippen LogP contribution in [-0.4, -0.2) is 22.2 Å². The van der Waals surface area contributed by atoms with Gasteiger partial charge in [-0.1, -0.05) is 6.07 Å². The molecular formula is C17H16N4O2. The number of anilines is 3. The standard InChI is InChI=1S/C17H16N4O2/c1-23-13-4-2-3-12(10-13)20-17-19-8-7-15(21-17)11-5-6-16(22)14(18)9-11/h2-10,22H,18H2,1H3,(H,19,20,21). The van der Waals surface area contributed by atoms with Crippen LogP contribution in [0, 0.1) is 0 Å². The lowest BCUT2D eigenvalue weighted by atomic mass is 10.1. The highest BCUT2D eigenvalue weighted by Gasteiger charge is 2.06. The van der Waals surface area contributed by atoms with E-state index in [1.54, 1.807) is 37.6 Å². The molecule has 0 aliphatic carbocycles. The van der Waals surface area contributed by atoms with Crippen molar-refractivity contribution in [3.63, 3.8) is 0 Å². The minimum Gasteiger partial charge on any atom is -0.506 e. The SMILES string of the molecule is COc1cccc(Nc2nccc(-c3ccc(O)c(N)c3)n2)c1. The molecule has 6 nitrogen and oxygen atoms in total. The molecule has 3 aromatic rings. The third kappa shape index (κ3) is 3.32. The van der Waals surface area contributed by atoms with Crippen LogP contribution >= 0.6 is 0 Å². The fourth-order valence-corrected chi connectivity index (χ4v) is 2.12. The smallest absolute Gasteiger partial charge is 0.227 e. The normalized spacial score (nSPS) is 10.3. The number of nitrogens with one attached hydrogen (secondary N) is 1. The third-order valence-corrected chi connectivity index (χ3v) is 3.30. The number of methoxy groups -OCH3 is 1. The first-order chi connectivity index (χ1) is 11.2. The molecule has 0 fully saturated rings. The first-order valence-corrected chi connectivity index (χ1v) is 6.99. The molecule has 116 valence electrons.